The van der Waals surface area contributed by atoms with Gasteiger partial charge in [-0.05, 0) is 23.1 Å². The minimum absolute atomic E-state index is 0.143. The molecule has 4 rings (SSSR count). The number of rotatable bonds is 4. The molecule has 1 N–H and O–H groups in total. The standard InChI is InChI=1S/C23H29FN4/c1-23(2,3)18-9-7-17(8-10-18)22-25-19-5-4-6-20(21(19)26-22)28-15-13-27(12-11-24)14-16-28/h4-10H,11-16H2,1-3H3,(H,25,26). The van der Waals surface area contributed by atoms with Gasteiger partial charge in [-0.2, -0.15) is 0 Å². The van der Waals surface area contributed by atoms with Gasteiger partial charge in [-0.3, -0.25) is 4.90 Å². The van der Waals surface area contributed by atoms with Gasteiger partial charge in [-0.1, -0.05) is 51.1 Å². The van der Waals surface area contributed by atoms with Crippen molar-refractivity contribution in [2.45, 2.75) is 26.2 Å². The highest BCUT2D eigenvalue weighted by Gasteiger charge is 2.20. The lowest BCUT2D eigenvalue weighted by Gasteiger charge is -2.35. The van der Waals surface area contributed by atoms with E-state index in [1.54, 1.807) is 0 Å². The zero-order chi connectivity index (χ0) is 19.7. The van der Waals surface area contributed by atoms with Crippen molar-refractivity contribution in [1.82, 2.24) is 14.9 Å². The number of fused-ring (bicyclic) bond motifs is 1. The number of para-hydroxylation sites is 1. The predicted molar refractivity (Wildman–Crippen MR) is 115 cm³/mol. The average molecular weight is 381 g/mol. The van der Waals surface area contributed by atoms with Crippen LogP contribution in [0.25, 0.3) is 22.4 Å². The van der Waals surface area contributed by atoms with Crippen LogP contribution in [0.15, 0.2) is 42.5 Å². The maximum atomic E-state index is 12.6. The van der Waals surface area contributed by atoms with Gasteiger partial charge < -0.3 is 9.88 Å². The van der Waals surface area contributed by atoms with Crippen LogP contribution in [-0.4, -0.2) is 54.3 Å². The van der Waals surface area contributed by atoms with Crippen LogP contribution in [0.1, 0.15) is 26.3 Å². The van der Waals surface area contributed by atoms with E-state index in [0.29, 0.717) is 6.54 Å². The van der Waals surface area contributed by atoms with E-state index in [0.717, 1.165) is 54.3 Å². The monoisotopic (exact) mass is 380 g/mol. The van der Waals surface area contributed by atoms with E-state index in [1.165, 1.54) is 5.56 Å². The summed E-state index contributed by atoms with van der Waals surface area (Å²) >= 11 is 0. The van der Waals surface area contributed by atoms with Gasteiger partial charge in [0.25, 0.3) is 0 Å². The highest BCUT2D eigenvalue weighted by molar-refractivity contribution is 5.91. The molecule has 1 saturated heterocycles. The molecule has 0 spiro atoms. The molecule has 1 aromatic heterocycles. The van der Waals surface area contributed by atoms with E-state index in [4.69, 9.17) is 4.98 Å². The first-order valence-electron chi connectivity index (χ1n) is 10.1. The van der Waals surface area contributed by atoms with Gasteiger partial charge in [0.1, 0.15) is 18.0 Å². The first-order valence-corrected chi connectivity index (χ1v) is 10.1. The predicted octanol–water partition coefficient (Wildman–Crippen LogP) is 4.62. The lowest BCUT2D eigenvalue weighted by atomic mass is 9.87. The van der Waals surface area contributed by atoms with E-state index in [1.807, 2.05) is 0 Å². The zero-order valence-electron chi connectivity index (χ0n) is 17.0. The fraction of sp³-hybridized carbons (Fsp3) is 0.435. The van der Waals surface area contributed by atoms with Gasteiger partial charge in [-0.25, -0.2) is 9.37 Å². The van der Waals surface area contributed by atoms with Gasteiger partial charge in [-0.15, -0.1) is 0 Å². The Morgan fingerprint density at radius 3 is 2.36 bits per heavy atom. The Labute approximate surface area is 166 Å². The second-order valence-electron chi connectivity index (χ2n) is 8.60. The normalized spacial score (nSPS) is 16.1. The lowest BCUT2D eigenvalue weighted by Crippen LogP contribution is -2.47. The number of piperazine rings is 1. The molecule has 1 fully saturated rings. The fourth-order valence-corrected chi connectivity index (χ4v) is 3.87. The molecule has 0 radical (unpaired) electrons. The van der Waals surface area contributed by atoms with Crippen LogP contribution in [0.3, 0.4) is 0 Å². The third kappa shape index (κ3) is 3.76. The van der Waals surface area contributed by atoms with E-state index in [9.17, 15) is 4.39 Å². The first-order chi connectivity index (χ1) is 13.5. The summed E-state index contributed by atoms with van der Waals surface area (Å²) in [5.41, 5.74) is 5.78. The minimum atomic E-state index is -0.272. The van der Waals surface area contributed by atoms with Gasteiger partial charge in [0.15, 0.2) is 0 Å². The number of benzene rings is 2. The van der Waals surface area contributed by atoms with Crippen molar-refractivity contribution in [3.05, 3.63) is 48.0 Å². The molecule has 1 aliphatic heterocycles. The smallest absolute Gasteiger partial charge is 0.138 e. The van der Waals surface area contributed by atoms with Crippen LogP contribution >= 0.6 is 0 Å². The first kappa shape index (κ1) is 18.9. The van der Waals surface area contributed by atoms with Crippen molar-refractivity contribution >= 4 is 16.7 Å². The molecule has 0 bridgehead atoms. The maximum absolute atomic E-state index is 12.6. The topological polar surface area (TPSA) is 35.2 Å². The molecule has 0 saturated carbocycles. The fourth-order valence-electron chi connectivity index (χ4n) is 3.87. The molecule has 5 heteroatoms. The Kier molecular flexibility index (Phi) is 5.11. The lowest BCUT2D eigenvalue weighted by molar-refractivity contribution is 0.235. The number of anilines is 1. The second-order valence-corrected chi connectivity index (χ2v) is 8.60. The molecule has 0 atom stereocenters. The van der Waals surface area contributed by atoms with Crippen LogP contribution in [-0.2, 0) is 5.41 Å². The maximum Gasteiger partial charge on any atom is 0.138 e. The average Bonchev–Trinajstić information content (AvgIpc) is 3.13. The number of halogens is 1. The Hall–Kier alpha value is -2.40. The summed E-state index contributed by atoms with van der Waals surface area (Å²) in [5.74, 6) is 0.902. The number of nitrogens with zero attached hydrogens (tertiary/aromatic N) is 3. The number of aromatic amines is 1. The highest BCUT2D eigenvalue weighted by atomic mass is 19.1. The van der Waals surface area contributed by atoms with E-state index < -0.39 is 0 Å². The van der Waals surface area contributed by atoms with Crippen LogP contribution < -0.4 is 4.90 Å². The number of hydrogen-bond acceptors (Lipinski definition) is 3. The Morgan fingerprint density at radius 1 is 1.00 bits per heavy atom. The third-order valence-corrected chi connectivity index (χ3v) is 5.63. The van der Waals surface area contributed by atoms with Crippen LogP contribution in [0.4, 0.5) is 10.1 Å². The third-order valence-electron chi connectivity index (χ3n) is 5.63. The van der Waals surface area contributed by atoms with Crippen LogP contribution in [0, 0.1) is 0 Å². The molecule has 0 aliphatic carbocycles. The summed E-state index contributed by atoms with van der Waals surface area (Å²) in [6.45, 7) is 10.5. The molecular formula is C23H29FN4. The molecule has 2 aromatic carbocycles. The number of hydrogen-bond donors (Lipinski definition) is 1. The van der Waals surface area contributed by atoms with Crippen molar-refractivity contribution in [3.8, 4) is 11.4 Å². The molecule has 3 aromatic rings. The van der Waals surface area contributed by atoms with Crippen molar-refractivity contribution in [1.29, 1.82) is 0 Å². The highest BCUT2D eigenvalue weighted by Crippen LogP contribution is 2.30. The van der Waals surface area contributed by atoms with Gasteiger partial charge in [0.05, 0.1) is 11.2 Å². The summed E-state index contributed by atoms with van der Waals surface area (Å²) in [6.07, 6.45) is 0. The number of imidazole rings is 1. The largest absolute Gasteiger partial charge is 0.367 e. The number of alkyl halides is 1. The van der Waals surface area contributed by atoms with E-state index in [-0.39, 0.29) is 12.1 Å². The zero-order valence-corrected chi connectivity index (χ0v) is 17.0. The Bertz CT molecular complexity index is 931. The molecular weight excluding hydrogens is 351 g/mol. The molecule has 0 unspecified atom stereocenters. The SMILES string of the molecule is CC(C)(C)c1ccc(-c2nc3c(N4CCN(CCF)CC4)cccc3[nH]2)cc1. The summed E-state index contributed by atoms with van der Waals surface area (Å²) in [4.78, 5) is 13.0. The molecule has 28 heavy (non-hydrogen) atoms. The molecule has 2 heterocycles. The van der Waals surface area contributed by atoms with Crippen molar-refractivity contribution in [3.63, 3.8) is 0 Å². The van der Waals surface area contributed by atoms with Crippen LogP contribution in [0.5, 0.6) is 0 Å². The van der Waals surface area contributed by atoms with Gasteiger partial charge in [0.2, 0.25) is 0 Å². The number of H-pyrrole nitrogens is 1. The number of nitrogens with one attached hydrogen (secondary N) is 1. The molecule has 4 nitrogen and oxygen atoms in total. The Balaban J connectivity index is 1.61. The number of aromatic nitrogens is 2. The van der Waals surface area contributed by atoms with Crippen LogP contribution in [0.2, 0.25) is 0 Å². The molecule has 0 amide bonds. The van der Waals surface area contributed by atoms with E-state index >= 15 is 0 Å². The second kappa shape index (κ2) is 7.55. The minimum Gasteiger partial charge on any atom is -0.367 e. The van der Waals surface area contributed by atoms with Gasteiger partial charge >= 0.3 is 0 Å². The van der Waals surface area contributed by atoms with Crippen molar-refractivity contribution in [2.24, 2.45) is 0 Å². The summed E-state index contributed by atoms with van der Waals surface area (Å²) in [6, 6.07) is 15.0. The summed E-state index contributed by atoms with van der Waals surface area (Å²) in [7, 11) is 0. The summed E-state index contributed by atoms with van der Waals surface area (Å²) in [5, 5.41) is 0. The van der Waals surface area contributed by atoms with Gasteiger partial charge in [0, 0.05) is 38.3 Å². The van der Waals surface area contributed by atoms with Crippen molar-refractivity contribution < 1.29 is 4.39 Å². The quantitative estimate of drug-likeness (QED) is 0.717. The molecule has 148 valence electrons. The van der Waals surface area contributed by atoms with Crippen molar-refractivity contribution in [2.75, 3.05) is 44.3 Å². The molecule has 1 aliphatic rings. The van der Waals surface area contributed by atoms with E-state index in [2.05, 4.69) is 78.0 Å². The Morgan fingerprint density at radius 2 is 1.71 bits per heavy atom. The summed E-state index contributed by atoms with van der Waals surface area (Å²) < 4.78 is 12.6.